The minimum absolute atomic E-state index is 0.0933. The van der Waals surface area contributed by atoms with Gasteiger partial charge in [0.1, 0.15) is 6.04 Å². The SMILES string of the molecule is CCCCNC(=O)[C@@H](Cc1ccccc1)N(Cc1cccc(Cl)c1)C(=O)CCc1ccc2c(c1)OCO2. The van der Waals surface area contributed by atoms with Crippen molar-refractivity contribution in [2.45, 2.75) is 51.6 Å². The number of amides is 2. The Morgan fingerprint density at radius 1 is 0.946 bits per heavy atom. The van der Waals surface area contributed by atoms with Gasteiger partial charge in [-0.05, 0) is 53.8 Å². The highest BCUT2D eigenvalue weighted by molar-refractivity contribution is 6.30. The zero-order valence-corrected chi connectivity index (χ0v) is 21.9. The molecule has 2 amide bonds. The topological polar surface area (TPSA) is 67.9 Å². The molecule has 1 N–H and O–H groups in total. The minimum Gasteiger partial charge on any atom is -0.454 e. The third-order valence-corrected chi connectivity index (χ3v) is 6.64. The van der Waals surface area contributed by atoms with Crippen molar-refractivity contribution in [2.24, 2.45) is 0 Å². The van der Waals surface area contributed by atoms with E-state index in [2.05, 4.69) is 12.2 Å². The van der Waals surface area contributed by atoms with Crippen LogP contribution >= 0.6 is 11.6 Å². The first kappa shape index (κ1) is 26.6. The molecular weight excluding hydrogens is 488 g/mol. The van der Waals surface area contributed by atoms with Crippen molar-refractivity contribution in [1.82, 2.24) is 10.2 Å². The highest BCUT2D eigenvalue weighted by atomic mass is 35.5. The number of benzene rings is 3. The molecule has 1 aliphatic rings. The molecule has 6 nitrogen and oxygen atoms in total. The quantitative estimate of drug-likeness (QED) is 0.318. The fourth-order valence-electron chi connectivity index (χ4n) is 4.38. The molecular formula is C30H33ClN2O4. The first-order valence-corrected chi connectivity index (χ1v) is 13.2. The summed E-state index contributed by atoms with van der Waals surface area (Å²) < 4.78 is 10.9. The number of hydrogen-bond donors (Lipinski definition) is 1. The van der Waals surface area contributed by atoms with Gasteiger partial charge < -0.3 is 19.7 Å². The van der Waals surface area contributed by atoms with Gasteiger partial charge in [-0.25, -0.2) is 0 Å². The summed E-state index contributed by atoms with van der Waals surface area (Å²) in [5.41, 5.74) is 2.86. The third kappa shape index (κ3) is 7.49. The van der Waals surface area contributed by atoms with Crippen LogP contribution < -0.4 is 14.8 Å². The Hall–Kier alpha value is -3.51. The van der Waals surface area contributed by atoms with E-state index in [1.54, 1.807) is 11.0 Å². The highest BCUT2D eigenvalue weighted by Gasteiger charge is 2.30. The van der Waals surface area contributed by atoms with Crippen LogP contribution in [0.3, 0.4) is 0 Å². The van der Waals surface area contributed by atoms with Gasteiger partial charge in [0.2, 0.25) is 18.6 Å². The Bertz CT molecular complexity index is 1200. The third-order valence-electron chi connectivity index (χ3n) is 6.41. The molecule has 3 aromatic carbocycles. The zero-order valence-electron chi connectivity index (χ0n) is 21.1. The molecule has 3 aromatic rings. The van der Waals surface area contributed by atoms with Crippen LogP contribution in [-0.2, 0) is 29.0 Å². The summed E-state index contributed by atoms with van der Waals surface area (Å²) in [6, 6.07) is 22.3. The first-order chi connectivity index (χ1) is 18.0. The Labute approximate surface area is 223 Å². The van der Waals surface area contributed by atoms with Crippen molar-refractivity contribution < 1.29 is 19.1 Å². The van der Waals surface area contributed by atoms with E-state index in [1.165, 1.54) is 0 Å². The molecule has 37 heavy (non-hydrogen) atoms. The van der Waals surface area contributed by atoms with E-state index in [1.807, 2.05) is 66.7 Å². The van der Waals surface area contributed by atoms with Gasteiger partial charge in [-0.15, -0.1) is 0 Å². The summed E-state index contributed by atoms with van der Waals surface area (Å²) in [7, 11) is 0. The maximum absolute atomic E-state index is 13.8. The van der Waals surface area contributed by atoms with Crippen molar-refractivity contribution in [3.05, 3.63) is 94.5 Å². The van der Waals surface area contributed by atoms with Crippen LogP contribution in [0.25, 0.3) is 0 Å². The van der Waals surface area contributed by atoms with Crippen molar-refractivity contribution in [2.75, 3.05) is 13.3 Å². The standard InChI is InChI=1S/C30H33ClN2O4/c1-2-3-16-32-30(35)26(18-22-8-5-4-6-9-22)33(20-24-10-7-11-25(31)17-24)29(34)15-13-23-12-14-27-28(19-23)37-21-36-27/h4-12,14,17,19,26H,2-3,13,15-16,18,20-21H2,1H3,(H,32,35)/t26-/m1/s1. The molecule has 0 fully saturated rings. The molecule has 0 unspecified atom stereocenters. The number of unbranched alkanes of at least 4 members (excludes halogenated alkanes) is 1. The maximum atomic E-state index is 13.8. The molecule has 0 bridgehead atoms. The largest absolute Gasteiger partial charge is 0.454 e. The molecule has 0 saturated heterocycles. The van der Waals surface area contributed by atoms with E-state index in [-0.39, 0.29) is 25.0 Å². The van der Waals surface area contributed by atoms with Gasteiger partial charge in [-0.2, -0.15) is 0 Å². The molecule has 0 aliphatic carbocycles. The predicted octanol–water partition coefficient (Wildman–Crippen LogP) is 5.56. The number of nitrogens with zero attached hydrogens (tertiary/aromatic N) is 1. The van der Waals surface area contributed by atoms with Gasteiger partial charge in [0, 0.05) is 31.0 Å². The fraction of sp³-hybridized carbons (Fsp3) is 0.333. The Morgan fingerprint density at radius 2 is 1.73 bits per heavy atom. The molecule has 0 spiro atoms. The second kappa shape index (κ2) is 13.2. The summed E-state index contributed by atoms with van der Waals surface area (Å²) in [5.74, 6) is 1.17. The number of rotatable bonds is 12. The number of aryl methyl sites for hydroxylation is 1. The lowest BCUT2D eigenvalue weighted by molar-refractivity contribution is -0.141. The summed E-state index contributed by atoms with van der Waals surface area (Å²) in [5, 5.41) is 3.64. The van der Waals surface area contributed by atoms with Gasteiger partial charge in [0.05, 0.1) is 0 Å². The van der Waals surface area contributed by atoms with E-state index >= 15 is 0 Å². The lowest BCUT2D eigenvalue weighted by Crippen LogP contribution is -2.50. The Kier molecular flexibility index (Phi) is 9.44. The molecule has 1 heterocycles. The second-order valence-corrected chi connectivity index (χ2v) is 9.63. The molecule has 1 atom stereocenters. The molecule has 7 heteroatoms. The summed E-state index contributed by atoms with van der Waals surface area (Å²) in [4.78, 5) is 28.9. The predicted molar refractivity (Wildman–Crippen MR) is 145 cm³/mol. The van der Waals surface area contributed by atoms with Crippen LogP contribution in [0.5, 0.6) is 11.5 Å². The fourth-order valence-corrected chi connectivity index (χ4v) is 4.60. The number of fused-ring (bicyclic) bond motifs is 1. The van der Waals surface area contributed by atoms with Gasteiger partial charge >= 0.3 is 0 Å². The molecule has 1 aliphatic heterocycles. The second-order valence-electron chi connectivity index (χ2n) is 9.19. The van der Waals surface area contributed by atoms with Crippen molar-refractivity contribution in [3.8, 4) is 11.5 Å². The Balaban J connectivity index is 1.58. The van der Waals surface area contributed by atoms with E-state index in [0.29, 0.717) is 42.5 Å². The van der Waals surface area contributed by atoms with Crippen LogP contribution in [0, 0.1) is 0 Å². The number of hydrogen-bond acceptors (Lipinski definition) is 4. The Morgan fingerprint density at radius 3 is 2.51 bits per heavy atom. The zero-order chi connectivity index (χ0) is 26.0. The van der Waals surface area contributed by atoms with Crippen molar-refractivity contribution in [3.63, 3.8) is 0 Å². The summed E-state index contributed by atoms with van der Waals surface area (Å²) in [6.07, 6.45) is 3.07. The monoisotopic (exact) mass is 520 g/mol. The summed E-state index contributed by atoms with van der Waals surface area (Å²) >= 11 is 6.25. The van der Waals surface area contributed by atoms with E-state index in [4.69, 9.17) is 21.1 Å². The van der Waals surface area contributed by atoms with Gasteiger partial charge in [-0.1, -0.05) is 73.5 Å². The van der Waals surface area contributed by atoms with Crippen LogP contribution in [0.15, 0.2) is 72.8 Å². The number of halogens is 1. The number of ether oxygens (including phenoxy) is 2. The average molecular weight is 521 g/mol. The van der Waals surface area contributed by atoms with Crippen molar-refractivity contribution >= 4 is 23.4 Å². The van der Waals surface area contributed by atoms with E-state index in [9.17, 15) is 9.59 Å². The number of carbonyl (C=O) groups excluding carboxylic acids is 2. The van der Waals surface area contributed by atoms with E-state index < -0.39 is 6.04 Å². The van der Waals surface area contributed by atoms with Crippen LogP contribution in [0.1, 0.15) is 42.9 Å². The average Bonchev–Trinajstić information content (AvgIpc) is 3.38. The highest BCUT2D eigenvalue weighted by Crippen LogP contribution is 2.33. The molecule has 4 rings (SSSR count). The minimum atomic E-state index is -0.650. The van der Waals surface area contributed by atoms with Crippen molar-refractivity contribution in [1.29, 1.82) is 0 Å². The molecule has 0 radical (unpaired) electrons. The van der Waals surface area contributed by atoms with Crippen LogP contribution in [0.2, 0.25) is 5.02 Å². The number of carbonyl (C=O) groups is 2. The smallest absolute Gasteiger partial charge is 0.243 e. The first-order valence-electron chi connectivity index (χ1n) is 12.8. The number of nitrogens with one attached hydrogen (secondary N) is 1. The van der Waals surface area contributed by atoms with Gasteiger partial charge in [0.15, 0.2) is 11.5 Å². The maximum Gasteiger partial charge on any atom is 0.243 e. The van der Waals surface area contributed by atoms with Crippen LogP contribution in [-0.4, -0.2) is 36.1 Å². The molecule has 0 aromatic heterocycles. The van der Waals surface area contributed by atoms with Gasteiger partial charge in [-0.3, -0.25) is 9.59 Å². The normalized spacial score (nSPS) is 12.7. The van der Waals surface area contributed by atoms with Crippen LogP contribution in [0.4, 0.5) is 0 Å². The molecule has 0 saturated carbocycles. The van der Waals surface area contributed by atoms with Gasteiger partial charge in [0.25, 0.3) is 0 Å². The lowest BCUT2D eigenvalue weighted by atomic mass is 10.0. The lowest BCUT2D eigenvalue weighted by Gasteiger charge is -2.32. The summed E-state index contributed by atoms with van der Waals surface area (Å²) in [6.45, 7) is 3.16. The molecule has 194 valence electrons. The van der Waals surface area contributed by atoms with E-state index in [0.717, 1.165) is 29.5 Å².